The average molecular weight is 232 g/mol. The summed E-state index contributed by atoms with van der Waals surface area (Å²) in [4.78, 5) is 10.8. The van der Waals surface area contributed by atoms with Gasteiger partial charge in [0.15, 0.2) is 0 Å². The van der Waals surface area contributed by atoms with E-state index in [4.69, 9.17) is 10.2 Å². The molecule has 0 aliphatic rings. The third-order valence-corrected chi connectivity index (χ3v) is 2.45. The lowest BCUT2D eigenvalue weighted by Gasteiger charge is -2.17. The summed E-state index contributed by atoms with van der Waals surface area (Å²) in [7, 11) is 1.95. The Morgan fingerprint density at radius 2 is 2.24 bits per heavy atom. The zero-order chi connectivity index (χ0) is 12.3. The van der Waals surface area contributed by atoms with E-state index >= 15 is 0 Å². The van der Waals surface area contributed by atoms with Crippen molar-refractivity contribution >= 4 is 5.95 Å². The first-order valence-electron chi connectivity index (χ1n) is 5.46. The Morgan fingerprint density at radius 1 is 1.41 bits per heavy atom. The Bertz CT molecular complexity index is 481. The van der Waals surface area contributed by atoms with Gasteiger partial charge in [-0.1, -0.05) is 0 Å². The molecule has 5 nitrogen and oxygen atoms in total. The van der Waals surface area contributed by atoms with E-state index in [9.17, 15) is 0 Å². The Labute approximate surface area is 100 Å². The summed E-state index contributed by atoms with van der Waals surface area (Å²) in [6.07, 6.45) is 3.38. The van der Waals surface area contributed by atoms with Crippen LogP contribution in [0.5, 0.6) is 0 Å². The number of hydrogen-bond donors (Lipinski definition) is 1. The van der Waals surface area contributed by atoms with Gasteiger partial charge in [-0.2, -0.15) is 0 Å². The molecule has 0 radical (unpaired) electrons. The molecule has 90 valence electrons. The van der Waals surface area contributed by atoms with Crippen LogP contribution in [0.1, 0.15) is 17.0 Å². The second-order valence-corrected chi connectivity index (χ2v) is 3.99. The molecule has 2 heterocycles. The van der Waals surface area contributed by atoms with Gasteiger partial charge in [0, 0.05) is 31.4 Å². The fourth-order valence-corrected chi connectivity index (χ4v) is 1.62. The van der Waals surface area contributed by atoms with Crippen LogP contribution < -0.4 is 10.6 Å². The number of rotatable bonds is 4. The molecule has 2 aromatic rings. The van der Waals surface area contributed by atoms with Crippen molar-refractivity contribution in [1.29, 1.82) is 0 Å². The standard InChI is InChI=1S/C12H16N4O/c1-9-5-11(6-13)15-12(14-9)16(2)7-10-3-4-17-8-10/h3-5,8H,6-7,13H2,1-2H3. The second kappa shape index (κ2) is 4.97. The minimum Gasteiger partial charge on any atom is -0.472 e. The SMILES string of the molecule is Cc1cc(CN)nc(N(C)Cc2ccoc2)n1. The molecule has 2 rings (SSSR count). The van der Waals surface area contributed by atoms with Crippen molar-refractivity contribution in [3.05, 3.63) is 41.6 Å². The van der Waals surface area contributed by atoms with Crippen molar-refractivity contribution in [3.63, 3.8) is 0 Å². The van der Waals surface area contributed by atoms with Crippen molar-refractivity contribution in [2.75, 3.05) is 11.9 Å². The molecular weight excluding hydrogens is 216 g/mol. The highest BCUT2D eigenvalue weighted by atomic mass is 16.3. The predicted molar refractivity (Wildman–Crippen MR) is 65.5 cm³/mol. The van der Waals surface area contributed by atoms with Crippen LogP contribution >= 0.6 is 0 Å². The predicted octanol–water partition coefficient (Wildman–Crippen LogP) is 1.47. The average Bonchev–Trinajstić information content (AvgIpc) is 2.81. The lowest BCUT2D eigenvalue weighted by Crippen LogP contribution is -2.20. The van der Waals surface area contributed by atoms with Crippen molar-refractivity contribution in [2.24, 2.45) is 5.73 Å². The van der Waals surface area contributed by atoms with E-state index in [0.717, 1.165) is 17.0 Å². The number of nitrogens with two attached hydrogens (primary N) is 1. The van der Waals surface area contributed by atoms with Crippen LogP contribution in [-0.4, -0.2) is 17.0 Å². The summed E-state index contributed by atoms with van der Waals surface area (Å²) in [5.41, 5.74) is 8.47. The van der Waals surface area contributed by atoms with E-state index in [0.29, 0.717) is 19.0 Å². The molecule has 0 fully saturated rings. The normalized spacial score (nSPS) is 10.5. The van der Waals surface area contributed by atoms with Gasteiger partial charge in [0.05, 0.1) is 18.2 Å². The van der Waals surface area contributed by atoms with Gasteiger partial charge in [-0.15, -0.1) is 0 Å². The van der Waals surface area contributed by atoms with Crippen molar-refractivity contribution in [2.45, 2.75) is 20.0 Å². The maximum atomic E-state index is 5.60. The number of anilines is 1. The van der Waals surface area contributed by atoms with Gasteiger partial charge < -0.3 is 15.1 Å². The third kappa shape index (κ3) is 2.82. The van der Waals surface area contributed by atoms with Gasteiger partial charge in [-0.25, -0.2) is 9.97 Å². The molecular formula is C12H16N4O. The first-order valence-corrected chi connectivity index (χ1v) is 5.46. The molecule has 0 saturated heterocycles. The molecule has 0 aromatic carbocycles. The van der Waals surface area contributed by atoms with Crippen molar-refractivity contribution < 1.29 is 4.42 Å². The van der Waals surface area contributed by atoms with E-state index in [1.165, 1.54) is 0 Å². The first-order chi connectivity index (χ1) is 8.19. The Kier molecular flexibility index (Phi) is 3.39. The quantitative estimate of drug-likeness (QED) is 0.864. The molecule has 5 heteroatoms. The zero-order valence-electron chi connectivity index (χ0n) is 10.1. The van der Waals surface area contributed by atoms with Crippen LogP contribution in [0.2, 0.25) is 0 Å². The van der Waals surface area contributed by atoms with E-state index < -0.39 is 0 Å². The van der Waals surface area contributed by atoms with Gasteiger partial charge in [0.2, 0.25) is 5.95 Å². The largest absolute Gasteiger partial charge is 0.472 e. The van der Waals surface area contributed by atoms with Crippen molar-refractivity contribution in [3.8, 4) is 0 Å². The lowest BCUT2D eigenvalue weighted by atomic mass is 10.3. The number of aromatic nitrogens is 2. The van der Waals surface area contributed by atoms with E-state index in [2.05, 4.69) is 9.97 Å². The summed E-state index contributed by atoms with van der Waals surface area (Å²) in [6.45, 7) is 3.08. The Morgan fingerprint density at radius 3 is 2.88 bits per heavy atom. The first kappa shape index (κ1) is 11.6. The fourth-order valence-electron chi connectivity index (χ4n) is 1.62. The van der Waals surface area contributed by atoms with Crippen LogP contribution in [-0.2, 0) is 13.1 Å². The maximum absolute atomic E-state index is 5.60. The molecule has 0 spiro atoms. The topological polar surface area (TPSA) is 68.2 Å². The van der Waals surface area contributed by atoms with Crippen LogP contribution in [0, 0.1) is 6.92 Å². The highest BCUT2D eigenvalue weighted by Crippen LogP contribution is 2.12. The van der Waals surface area contributed by atoms with Crippen LogP contribution in [0.4, 0.5) is 5.95 Å². The lowest BCUT2D eigenvalue weighted by molar-refractivity contribution is 0.563. The number of furan rings is 1. The summed E-state index contributed by atoms with van der Waals surface area (Å²) in [6, 6.07) is 3.82. The highest BCUT2D eigenvalue weighted by Gasteiger charge is 2.08. The minimum atomic E-state index is 0.426. The molecule has 0 bridgehead atoms. The van der Waals surface area contributed by atoms with Crippen molar-refractivity contribution in [1.82, 2.24) is 9.97 Å². The van der Waals surface area contributed by atoms with E-state index in [1.807, 2.05) is 31.0 Å². The summed E-state index contributed by atoms with van der Waals surface area (Å²) < 4.78 is 5.03. The fraction of sp³-hybridized carbons (Fsp3) is 0.333. The van der Waals surface area contributed by atoms with E-state index in [-0.39, 0.29) is 0 Å². The Balaban J connectivity index is 2.18. The monoisotopic (exact) mass is 232 g/mol. The summed E-state index contributed by atoms with van der Waals surface area (Å²) in [5, 5.41) is 0. The van der Waals surface area contributed by atoms with Gasteiger partial charge in [-0.05, 0) is 19.1 Å². The number of hydrogen-bond acceptors (Lipinski definition) is 5. The number of nitrogens with zero attached hydrogens (tertiary/aromatic N) is 3. The third-order valence-electron chi connectivity index (χ3n) is 2.45. The molecule has 0 unspecified atom stereocenters. The van der Waals surface area contributed by atoms with E-state index in [1.54, 1.807) is 12.5 Å². The molecule has 0 aliphatic heterocycles. The summed E-state index contributed by atoms with van der Waals surface area (Å²) in [5.74, 6) is 0.687. The smallest absolute Gasteiger partial charge is 0.225 e. The molecule has 0 amide bonds. The number of aryl methyl sites for hydroxylation is 1. The maximum Gasteiger partial charge on any atom is 0.225 e. The molecule has 2 aromatic heterocycles. The van der Waals surface area contributed by atoms with Gasteiger partial charge in [0.1, 0.15) is 0 Å². The van der Waals surface area contributed by atoms with Gasteiger partial charge in [0.25, 0.3) is 0 Å². The second-order valence-electron chi connectivity index (χ2n) is 3.99. The molecule has 0 atom stereocenters. The van der Waals surface area contributed by atoms with Crippen LogP contribution in [0.15, 0.2) is 29.1 Å². The van der Waals surface area contributed by atoms with Crippen LogP contribution in [0.3, 0.4) is 0 Å². The zero-order valence-corrected chi connectivity index (χ0v) is 10.1. The molecule has 0 saturated carbocycles. The minimum absolute atomic E-state index is 0.426. The van der Waals surface area contributed by atoms with Gasteiger partial charge >= 0.3 is 0 Å². The molecule has 2 N–H and O–H groups in total. The van der Waals surface area contributed by atoms with Gasteiger partial charge in [-0.3, -0.25) is 0 Å². The molecule has 17 heavy (non-hydrogen) atoms. The Hall–Kier alpha value is -1.88. The summed E-state index contributed by atoms with van der Waals surface area (Å²) >= 11 is 0. The highest BCUT2D eigenvalue weighted by molar-refractivity contribution is 5.32. The van der Waals surface area contributed by atoms with Crippen LogP contribution in [0.25, 0.3) is 0 Å². The molecule has 0 aliphatic carbocycles.